The maximum absolute atomic E-state index is 12.2. The summed E-state index contributed by atoms with van der Waals surface area (Å²) in [6.45, 7) is 2.75. The van der Waals surface area contributed by atoms with Gasteiger partial charge in [-0.25, -0.2) is 0 Å². The highest BCUT2D eigenvalue weighted by Gasteiger charge is 2.40. The zero-order valence-corrected chi connectivity index (χ0v) is 10.3. The summed E-state index contributed by atoms with van der Waals surface area (Å²) in [5, 5.41) is 10.8. The van der Waals surface area contributed by atoms with Gasteiger partial charge in [0.15, 0.2) is 5.78 Å². The number of carbonyl (C=O) groups is 2. The zero-order chi connectivity index (χ0) is 13.9. The van der Waals surface area contributed by atoms with E-state index in [4.69, 9.17) is 0 Å². The van der Waals surface area contributed by atoms with Gasteiger partial charge >= 0.3 is 5.97 Å². The van der Waals surface area contributed by atoms with Crippen molar-refractivity contribution in [1.29, 1.82) is 0 Å². The van der Waals surface area contributed by atoms with Gasteiger partial charge in [-0.15, -0.1) is 0 Å². The average molecular weight is 251 g/mol. The molecule has 0 saturated heterocycles. The summed E-state index contributed by atoms with van der Waals surface area (Å²) in [4.78, 5) is 33.9. The van der Waals surface area contributed by atoms with E-state index in [1.807, 2.05) is 0 Å². The van der Waals surface area contributed by atoms with Gasteiger partial charge in [-0.05, 0) is 19.9 Å². The standard InChI is InChI=1S/C12H13NO5/c1-12(2,11(15)18-3)10(14)8-6-4-5-7-9(8)13(16)17/h4-7H,1-3H3. The largest absolute Gasteiger partial charge is 0.468 e. The number of rotatable bonds is 4. The second-order valence-corrected chi connectivity index (χ2v) is 4.22. The predicted molar refractivity (Wildman–Crippen MR) is 63.2 cm³/mol. The first-order valence-electron chi connectivity index (χ1n) is 5.19. The Bertz CT molecular complexity index is 507. The summed E-state index contributed by atoms with van der Waals surface area (Å²) in [6, 6.07) is 5.51. The normalized spacial score (nSPS) is 10.8. The number of hydrogen-bond acceptors (Lipinski definition) is 5. The first-order chi connectivity index (χ1) is 8.32. The molecule has 6 nitrogen and oxygen atoms in total. The highest BCUT2D eigenvalue weighted by atomic mass is 16.6. The van der Waals surface area contributed by atoms with Gasteiger partial charge in [0.2, 0.25) is 0 Å². The number of para-hydroxylation sites is 1. The Morgan fingerprint density at radius 2 is 1.83 bits per heavy atom. The van der Waals surface area contributed by atoms with Gasteiger partial charge in [0.25, 0.3) is 5.69 Å². The Kier molecular flexibility index (Phi) is 3.80. The number of nitrogens with zero attached hydrogens (tertiary/aromatic N) is 1. The minimum atomic E-state index is -1.46. The van der Waals surface area contributed by atoms with Crippen LogP contribution in [0.4, 0.5) is 5.69 Å². The van der Waals surface area contributed by atoms with Crippen molar-refractivity contribution in [1.82, 2.24) is 0 Å². The molecule has 1 aromatic rings. The van der Waals surface area contributed by atoms with Crippen LogP contribution in [0.5, 0.6) is 0 Å². The molecule has 0 amide bonds. The molecule has 18 heavy (non-hydrogen) atoms. The van der Waals surface area contributed by atoms with Crippen LogP contribution in [-0.2, 0) is 9.53 Å². The molecule has 0 aliphatic rings. The number of ether oxygens (including phenoxy) is 1. The fraction of sp³-hybridized carbons (Fsp3) is 0.333. The molecule has 0 heterocycles. The number of methoxy groups -OCH3 is 1. The van der Waals surface area contributed by atoms with Gasteiger partial charge in [-0.2, -0.15) is 0 Å². The number of Topliss-reactive ketones (excluding diaryl/α,β-unsaturated/α-hetero) is 1. The minimum absolute atomic E-state index is 0.0992. The third-order valence-electron chi connectivity index (χ3n) is 2.61. The van der Waals surface area contributed by atoms with Crippen molar-refractivity contribution < 1.29 is 19.2 Å². The van der Waals surface area contributed by atoms with Crippen molar-refractivity contribution in [3.05, 3.63) is 39.9 Å². The van der Waals surface area contributed by atoms with Crippen LogP contribution >= 0.6 is 0 Å². The van der Waals surface area contributed by atoms with Gasteiger partial charge in [-0.3, -0.25) is 19.7 Å². The quantitative estimate of drug-likeness (QED) is 0.268. The Labute approximate surface area is 104 Å². The average Bonchev–Trinajstić information content (AvgIpc) is 2.36. The second-order valence-electron chi connectivity index (χ2n) is 4.22. The Hall–Kier alpha value is -2.24. The molecule has 96 valence electrons. The summed E-state index contributed by atoms with van der Waals surface area (Å²) in [5.74, 6) is -1.37. The Morgan fingerprint density at radius 1 is 1.28 bits per heavy atom. The lowest BCUT2D eigenvalue weighted by atomic mass is 9.84. The summed E-state index contributed by atoms with van der Waals surface area (Å²) in [6.07, 6.45) is 0. The van der Waals surface area contributed by atoms with Gasteiger partial charge < -0.3 is 4.74 Å². The monoisotopic (exact) mass is 251 g/mol. The number of nitro benzene ring substituents is 1. The van der Waals surface area contributed by atoms with Crippen LogP contribution < -0.4 is 0 Å². The molecule has 0 N–H and O–H groups in total. The van der Waals surface area contributed by atoms with Crippen LogP contribution in [0.1, 0.15) is 24.2 Å². The number of nitro groups is 1. The first kappa shape index (κ1) is 13.8. The van der Waals surface area contributed by atoms with Crippen molar-refractivity contribution in [2.45, 2.75) is 13.8 Å². The molecule has 1 rings (SSSR count). The van der Waals surface area contributed by atoms with Crippen LogP contribution in [-0.4, -0.2) is 23.8 Å². The molecule has 0 atom stereocenters. The number of carbonyl (C=O) groups excluding carboxylic acids is 2. The number of esters is 1. The van der Waals surface area contributed by atoms with Crippen molar-refractivity contribution in [3.8, 4) is 0 Å². The summed E-state index contributed by atoms with van der Waals surface area (Å²) < 4.78 is 4.53. The summed E-state index contributed by atoms with van der Waals surface area (Å²) in [7, 11) is 1.16. The third-order valence-corrected chi connectivity index (χ3v) is 2.61. The molecular weight excluding hydrogens is 238 g/mol. The van der Waals surface area contributed by atoms with Crippen LogP contribution in [0.25, 0.3) is 0 Å². The van der Waals surface area contributed by atoms with E-state index in [0.717, 1.165) is 7.11 Å². The van der Waals surface area contributed by atoms with Crippen molar-refractivity contribution in [3.63, 3.8) is 0 Å². The second kappa shape index (κ2) is 4.95. The zero-order valence-electron chi connectivity index (χ0n) is 10.3. The predicted octanol–water partition coefficient (Wildman–Crippen LogP) is 1.98. The molecule has 0 aliphatic heterocycles. The van der Waals surface area contributed by atoms with E-state index in [0.29, 0.717) is 0 Å². The highest BCUT2D eigenvalue weighted by Crippen LogP contribution is 2.28. The molecule has 0 aromatic heterocycles. The molecule has 1 aromatic carbocycles. The smallest absolute Gasteiger partial charge is 0.319 e. The van der Waals surface area contributed by atoms with E-state index in [1.54, 1.807) is 0 Å². The maximum Gasteiger partial charge on any atom is 0.319 e. The van der Waals surface area contributed by atoms with Crippen molar-refractivity contribution in [2.75, 3.05) is 7.11 Å². The van der Waals surface area contributed by atoms with Gasteiger partial charge in [-0.1, -0.05) is 12.1 Å². The summed E-state index contributed by atoms with van der Waals surface area (Å²) in [5.41, 5.74) is -1.88. The van der Waals surface area contributed by atoms with E-state index >= 15 is 0 Å². The summed E-state index contributed by atoms with van der Waals surface area (Å²) >= 11 is 0. The van der Waals surface area contributed by atoms with Crippen LogP contribution in [0.15, 0.2) is 24.3 Å². The SMILES string of the molecule is COC(=O)C(C)(C)C(=O)c1ccccc1[N+](=O)[O-]. The fourth-order valence-electron chi connectivity index (χ4n) is 1.51. The molecule has 0 aliphatic carbocycles. The molecule has 0 unspecified atom stereocenters. The van der Waals surface area contributed by atoms with E-state index in [2.05, 4.69) is 4.74 Å². The maximum atomic E-state index is 12.2. The van der Waals surface area contributed by atoms with Gasteiger partial charge in [0.1, 0.15) is 5.41 Å². The highest BCUT2D eigenvalue weighted by molar-refractivity contribution is 6.13. The topological polar surface area (TPSA) is 86.5 Å². The molecule has 0 saturated carbocycles. The van der Waals surface area contributed by atoms with Crippen LogP contribution in [0, 0.1) is 15.5 Å². The lowest BCUT2D eigenvalue weighted by Crippen LogP contribution is -2.34. The van der Waals surface area contributed by atoms with E-state index in [-0.39, 0.29) is 11.3 Å². The van der Waals surface area contributed by atoms with E-state index < -0.39 is 22.1 Å². The van der Waals surface area contributed by atoms with Crippen molar-refractivity contribution >= 4 is 17.4 Å². The molecule has 0 radical (unpaired) electrons. The third kappa shape index (κ3) is 2.37. The van der Waals surface area contributed by atoms with Crippen LogP contribution in [0.2, 0.25) is 0 Å². The Morgan fingerprint density at radius 3 is 2.33 bits per heavy atom. The fourth-order valence-corrected chi connectivity index (χ4v) is 1.51. The lowest BCUT2D eigenvalue weighted by Gasteiger charge is -2.19. The number of benzene rings is 1. The van der Waals surface area contributed by atoms with Gasteiger partial charge in [0, 0.05) is 6.07 Å². The van der Waals surface area contributed by atoms with Crippen LogP contribution in [0.3, 0.4) is 0 Å². The molecule has 0 spiro atoms. The molecule has 0 fully saturated rings. The number of hydrogen-bond donors (Lipinski definition) is 0. The van der Waals surface area contributed by atoms with Gasteiger partial charge in [0.05, 0.1) is 17.6 Å². The van der Waals surface area contributed by atoms with E-state index in [9.17, 15) is 19.7 Å². The minimum Gasteiger partial charge on any atom is -0.468 e. The van der Waals surface area contributed by atoms with E-state index in [1.165, 1.54) is 38.1 Å². The van der Waals surface area contributed by atoms with Crippen molar-refractivity contribution in [2.24, 2.45) is 5.41 Å². The lowest BCUT2D eigenvalue weighted by molar-refractivity contribution is -0.385. The Balaban J connectivity index is 3.27. The number of ketones is 1. The molecular formula is C12H13NO5. The molecule has 6 heteroatoms. The molecule has 0 bridgehead atoms. The first-order valence-corrected chi connectivity index (χ1v) is 5.19.